The zero-order chi connectivity index (χ0) is 10.0. The lowest BCUT2D eigenvalue weighted by Gasteiger charge is -2.21. The first-order valence-corrected chi connectivity index (χ1v) is 4.69. The molecule has 1 aromatic carbocycles. The van der Waals surface area contributed by atoms with Crippen molar-refractivity contribution in [3.8, 4) is 6.07 Å². The predicted octanol–water partition coefficient (Wildman–Crippen LogP) is 1.93. The van der Waals surface area contributed by atoms with Crippen LogP contribution in [0.15, 0.2) is 24.3 Å². The van der Waals surface area contributed by atoms with E-state index in [9.17, 15) is 4.39 Å². The van der Waals surface area contributed by atoms with Crippen molar-refractivity contribution >= 4 is 0 Å². The van der Waals surface area contributed by atoms with Gasteiger partial charge in [0.25, 0.3) is 0 Å². The molecule has 0 spiro atoms. The largest absolute Gasteiger partial charge is 0.296 e. The van der Waals surface area contributed by atoms with E-state index in [1.54, 1.807) is 12.1 Å². The molecule has 1 unspecified atom stereocenters. The van der Waals surface area contributed by atoms with Crippen molar-refractivity contribution in [3.63, 3.8) is 0 Å². The molecule has 2 rings (SSSR count). The van der Waals surface area contributed by atoms with Gasteiger partial charge in [-0.15, -0.1) is 0 Å². The molecular formula is C11H11FN2. The van der Waals surface area contributed by atoms with Gasteiger partial charge in [0.1, 0.15) is 11.4 Å². The molecule has 1 heterocycles. The Morgan fingerprint density at radius 3 is 2.93 bits per heavy atom. The Kier molecular flexibility index (Phi) is 2.22. The van der Waals surface area contributed by atoms with E-state index in [1.807, 2.05) is 0 Å². The average Bonchev–Trinajstić information content (AvgIpc) is 2.67. The summed E-state index contributed by atoms with van der Waals surface area (Å²) >= 11 is 0. The molecule has 1 saturated heterocycles. The fourth-order valence-electron chi connectivity index (χ4n) is 1.90. The molecule has 1 N–H and O–H groups in total. The van der Waals surface area contributed by atoms with E-state index in [0.29, 0.717) is 0 Å². The SMILES string of the molecule is N#CC1(c2cccc(F)c2)CCCN1. The highest BCUT2D eigenvalue weighted by Crippen LogP contribution is 2.30. The Bertz CT molecular complexity index is 375. The smallest absolute Gasteiger partial charge is 0.132 e. The van der Waals surface area contributed by atoms with Gasteiger partial charge in [0.05, 0.1) is 6.07 Å². The van der Waals surface area contributed by atoms with Gasteiger partial charge >= 0.3 is 0 Å². The molecule has 72 valence electrons. The molecule has 14 heavy (non-hydrogen) atoms. The van der Waals surface area contributed by atoms with E-state index in [2.05, 4.69) is 11.4 Å². The summed E-state index contributed by atoms with van der Waals surface area (Å²) in [5, 5.41) is 12.3. The molecule has 1 fully saturated rings. The predicted molar refractivity (Wildman–Crippen MR) is 50.9 cm³/mol. The molecule has 3 heteroatoms. The number of nitrogens with zero attached hydrogens (tertiary/aromatic N) is 1. The Morgan fingerprint density at radius 1 is 1.50 bits per heavy atom. The first-order chi connectivity index (χ1) is 6.77. The van der Waals surface area contributed by atoms with E-state index in [-0.39, 0.29) is 5.82 Å². The normalized spacial score (nSPS) is 26.0. The molecule has 0 amide bonds. The lowest BCUT2D eigenvalue weighted by molar-refractivity contribution is 0.504. The highest BCUT2D eigenvalue weighted by molar-refractivity contribution is 5.32. The minimum Gasteiger partial charge on any atom is -0.296 e. The minimum absolute atomic E-state index is 0.286. The van der Waals surface area contributed by atoms with Gasteiger partial charge in [-0.05, 0) is 37.1 Å². The second-order valence-electron chi connectivity index (χ2n) is 3.56. The second-order valence-corrected chi connectivity index (χ2v) is 3.56. The maximum atomic E-state index is 13.0. The Hall–Kier alpha value is -1.40. The summed E-state index contributed by atoms with van der Waals surface area (Å²) in [5.41, 5.74) is 0.0692. The number of nitrogens with one attached hydrogen (secondary N) is 1. The van der Waals surface area contributed by atoms with Gasteiger partial charge in [0, 0.05) is 0 Å². The quantitative estimate of drug-likeness (QED) is 0.734. The molecule has 2 nitrogen and oxygen atoms in total. The molecule has 1 aliphatic rings. The van der Waals surface area contributed by atoms with Crippen LogP contribution in [0.4, 0.5) is 4.39 Å². The van der Waals surface area contributed by atoms with Crippen molar-refractivity contribution in [1.82, 2.24) is 5.32 Å². The van der Waals surface area contributed by atoms with Gasteiger partial charge in [0.15, 0.2) is 0 Å². The first-order valence-electron chi connectivity index (χ1n) is 4.69. The van der Waals surface area contributed by atoms with Crippen LogP contribution in [0.1, 0.15) is 18.4 Å². The van der Waals surface area contributed by atoms with Crippen LogP contribution in [-0.2, 0) is 5.54 Å². The van der Waals surface area contributed by atoms with Gasteiger partial charge in [-0.2, -0.15) is 5.26 Å². The first kappa shape index (κ1) is 9.17. The number of halogens is 1. The fourth-order valence-corrected chi connectivity index (χ4v) is 1.90. The third-order valence-electron chi connectivity index (χ3n) is 2.66. The van der Waals surface area contributed by atoms with Crippen molar-refractivity contribution < 1.29 is 4.39 Å². The monoisotopic (exact) mass is 190 g/mol. The Morgan fingerprint density at radius 2 is 2.36 bits per heavy atom. The molecule has 0 saturated carbocycles. The van der Waals surface area contributed by atoms with Crippen molar-refractivity contribution in [1.29, 1.82) is 5.26 Å². The fraction of sp³-hybridized carbons (Fsp3) is 0.364. The van der Waals surface area contributed by atoms with Crippen molar-refractivity contribution in [2.75, 3.05) is 6.54 Å². The Labute approximate surface area is 82.4 Å². The van der Waals surface area contributed by atoms with Gasteiger partial charge in [-0.25, -0.2) is 4.39 Å². The summed E-state index contributed by atoms with van der Waals surface area (Å²) < 4.78 is 13.0. The lowest BCUT2D eigenvalue weighted by Crippen LogP contribution is -2.35. The van der Waals surface area contributed by atoms with Gasteiger partial charge in [-0.1, -0.05) is 12.1 Å². The maximum Gasteiger partial charge on any atom is 0.132 e. The van der Waals surface area contributed by atoms with Crippen LogP contribution in [0.5, 0.6) is 0 Å². The van der Waals surface area contributed by atoms with Crippen molar-refractivity contribution in [2.45, 2.75) is 18.4 Å². The van der Waals surface area contributed by atoms with E-state index in [0.717, 1.165) is 24.9 Å². The summed E-state index contributed by atoms with van der Waals surface area (Å²) in [7, 11) is 0. The standard InChI is InChI=1S/C11H11FN2/c12-10-4-1-3-9(7-10)11(8-13)5-2-6-14-11/h1,3-4,7,14H,2,5-6H2. The van der Waals surface area contributed by atoms with Crippen LogP contribution >= 0.6 is 0 Å². The second kappa shape index (κ2) is 3.39. The van der Waals surface area contributed by atoms with Crippen LogP contribution in [-0.4, -0.2) is 6.54 Å². The summed E-state index contributed by atoms with van der Waals surface area (Å²) in [6, 6.07) is 8.51. The number of nitriles is 1. The van der Waals surface area contributed by atoms with E-state index < -0.39 is 5.54 Å². The van der Waals surface area contributed by atoms with Gasteiger partial charge in [-0.3, -0.25) is 5.32 Å². The summed E-state index contributed by atoms with van der Waals surface area (Å²) in [5.74, 6) is -0.286. The number of benzene rings is 1. The zero-order valence-corrected chi connectivity index (χ0v) is 7.76. The van der Waals surface area contributed by atoms with Crippen LogP contribution < -0.4 is 5.32 Å². The summed E-state index contributed by atoms with van der Waals surface area (Å²) in [4.78, 5) is 0. The number of rotatable bonds is 1. The van der Waals surface area contributed by atoms with Crippen LogP contribution in [0.3, 0.4) is 0 Å². The summed E-state index contributed by atoms with van der Waals surface area (Å²) in [6.45, 7) is 0.823. The number of hydrogen-bond acceptors (Lipinski definition) is 2. The maximum absolute atomic E-state index is 13.0. The van der Waals surface area contributed by atoms with Crippen LogP contribution in [0.2, 0.25) is 0 Å². The Balaban J connectivity index is 2.42. The molecular weight excluding hydrogens is 179 g/mol. The number of hydrogen-bond donors (Lipinski definition) is 1. The topological polar surface area (TPSA) is 35.8 Å². The van der Waals surface area contributed by atoms with Gasteiger partial charge < -0.3 is 0 Å². The van der Waals surface area contributed by atoms with Crippen molar-refractivity contribution in [2.24, 2.45) is 0 Å². The van der Waals surface area contributed by atoms with Crippen LogP contribution in [0, 0.1) is 17.1 Å². The average molecular weight is 190 g/mol. The van der Waals surface area contributed by atoms with E-state index >= 15 is 0 Å². The third-order valence-corrected chi connectivity index (χ3v) is 2.66. The molecule has 0 aliphatic carbocycles. The molecule has 0 aromatic heterocycles. The third kappa shape index (κ3) is 1.38. The zero-order valence-electron chi connectivity index (χ0n) is 7.76. The van der Waals surface area contributed by atoms with Crippen LogP contribution in [0.25, 0.3) is 0 Å². The molecule has 1 atom stereocenters. The van der Waals surface area contributed by atoms with E-state index in [4.69, 9.17) is 5.26 Å². The van der Waals surface area contributed by atoms with Crippen molar-refractivity contribution in [3.05, 3.63) is 35.6 Å². The molecule has 0 bridgehead atoms. The molecule has 1 aliphatic heterocycles. The molecule has 1 aromatic rings. The highest BCUT2D eigenvalue weighted by atomic mass is 19.1. The van der Waals surface area contributed by atoms with E-state index in [1.165, 1.54) is 12.1 Å². The lowest BCUT2D eigenvalue weighted by atomic mass is 9.90. The highest BCUT2D eigenvalue weighted by Gasteiger charge is 2.35. The molecule has 0 radical (unpaired) electrons. The minimum atomic E-state index is -0.665. The summed E-state index contributed by atoms with van der Waals surface area (Å²) in [6.07, 6.45) is 1.72. The van der Waals surface area contributed by atoms with Gasteiger partial charge in [0.2, 0.25) is 0 Å².